The molecule has 1 aromatic rings. The highest BCUT2D eigenvalue weighted by molar-refractivity contribution is 5.11. The normalized spacial score (nSPS) is 19.9. The van der Waals surface area contributed by atoms with E-state index in [0.717, 1.165) is 5.69 Å². The van der Waals surface area contributed by atoms with E-state index in [-0.39, 0.29) is 11.9 Å². The number of nitrogens with two attached hydrogens (primary N) is 1. The molecule has 4 heteroatoms. The molecule has 0 saturated heterocycles. The summed E-state index contributed by atoms with van der Waals surface area (Å²) in [5.41, 5.74) is 3.70. The molecular weight excluding hydrogens is 217 g/mol. The van der Waals surface area contributed by atoms with E-state index < -0.39 is 0 Å². The van der Waals surface area contributed by atoms with Gasteiger partial charge in [-0.2, -0.15) is 0 Å². The first-order chi connectivity index (χ1) is 8.31. The fourth-order valence-electron chi connectivity index (χ4n) is 2.68. The molecule has 1 heterocycles. The van der Waals surface area contributed by atoms with Gasteiger partial charge in [0.1, 0.15) is 5.82 Å². The second kappa shape index (κ2) is 6.07. The highest BCUT2D eigenvalue weighted by atomic mass is 19.1. The van der Waals surface area contributed by atoms with Gasteiger partial charge in [-0.3, -0.25) is 16.3 Å². The molecule has 1 unspecified atom stereocenters. The first kappa shape index (κ1) is 12.5. The average Bonchev–Trinajstić information content (AvgIpc) is 2.62. The van der Waals surface area contributed by atoms with Crippen molar-refractivity contribution >= 4 is 0 Å². The SMILES string of the molecule is NNC(c1ccc(F)cn1)C1CCCCCC1. The molecule has 1 atom stereocenters. The molecule has 0 radical (unpaired) electrons. The molecule has 1 aliphatic carbocycles. The summed E-state index contributed by atoms with van der Waals surface area (Å²) < 4.78 is 12.8. The molecule has 17 heavy (non-hydrogen) atoms. The van der Waals surface area contributed by atoms with Crippen LogP contribution in [0.25, 0.3) is 0 Å². The van der Waals surface area contributed by atoms with Crippen LogP contribution in [0.3, 0.4) is 0 Å². The van der Waals surface area contributed by atoms with Crippen molar-refractivity contribution in [1.82, 2.24) is 10.4 Å². The number of nitrogens with one attached hydrogen (secondary N) is 1. The number of halogens is 1. The number of hydrogen-bond donors (Lipinski definition) is 2. The number of hydrogen-bond acceptors (Lipinski definition) is 3. The van der Waals surface area contributed by atoms with E-state index >= 15 is 0 Å². The predicted octanol–water partition coefficient (Wildman–Crippen LogP) is 2.70. The van der Waals surface area contributed by atoms with Gasteiger partial charge in [0.05, 0.1) is 17.9 Å². The van der Waals surface area contributed by atoms with Gasteiger partial charge in [-0.25, -0.2) is 4.39 Å². The molecule has 0 spiro atoms. The monoisotopic (exact) mass is 237 g/mol. The smallest absolute Gasteiger partial charge is 0.141 e. The third kappa shape index (κ3) is 3.23. The quantitative estimate of drug-likeness (QED) is 0.483. The molecule has 3 nitrogen and oxygen atoms in total. The van der Waals surface area contributed by atoms with Crippen LogP contribution in [0.2, 0.25) is 0 Å². The zero-order chi connectivity index (χ0) is 12.1. The van der Waals surface area contributed by atoms with Crippen molar-refractivity contribution < 1.29 is 4.39 Å². The Bertz CT molecular complexity index is 331. The van der Waals surface area contributed by atoms with E-state index in [9.17, 15) is 4.39 Å². The third-order valence-corrected chi connectivity index (χ3v) is 3.62. The first-order valence-electron chi connectivity index (χ1n) is 6.39. The summed E-state index contributed by atoms with van der Waals surface area (Å²) in [4.78, 5) is 4.14. The van der Waals surface area contributed by atoms with Crippen LogP contribution in [0.5, 0.6) is 0 Å². The van der Waals surface area contributed by atoms with Crippen molar-refractivity contribution in [3.8, 4) is 0 Å². The van der Waals surface area contributed by atoms with Crippen LogP contribution in [0, 0.1) is 11.7 Å². The van der Waals surface area contributed by atoms with E-state index in [1.54, 1.807) is 6.07 Å². The maximum Gasteiger partial charge on any atom is 0.141 e. The summed E-state index contributed by atoms with van der Waals surface area (Å²) in [6.45, 7) is 0. The minimum absolute atomic E-state index is 0.0497. The summed E-state index contributed by atoms with van der Waals surface area (Å²) in [7, 11) is 0. The van der Waals surface area contributed by atoms with Gasteiger partial charge in [-0.1, -0.05) is 25.7 Å². The lowest BCUT2D eigenvalue weighted by Crippen LogP contribution is -2.34. The zero-order valence-corrected chi connectivity index (χ0v) is 10.0. The Morgan fingerprint density at radius 3 is 2.47 bits per heavy atom. The van der Waals surface area contributed by atoms with Crippen molar-refractivity contribution in [2.24, 2.45) is 11.8 Å². The van der Waals surface area contributed by atoms with Gasteiger partial charge < -0.3 is 0 Å². The van der Waals surface area contributed by atoms with Gasteiger partial charge >= 0.3 is 0 Å². The lowest BCUT2D eigenvalue weighted by atomic mass is 9.90. The maximum absolute atomic E-state index is 12.8. The van der Waals surface area contributed by atoms with Crippen molar-refractivity contribution in [3.63, 3.8) is 0 Å². The van der Waals surface area contributed by atoms with Gasteiger partial charge in [-0.05, 0) is 30.9 Å². The zero-order valence-electron chi connectivity index (χ0n) is 10.0. The molecular formula is C13H20FN3. The van der Waals surface area contributed by atoms with Crippen LogP contribution < -0.4 is 11.3 Å². The second-order valence-corrected chi connectivity index (χ2v) is 4.80. The van der Waals surface area contributed by atoms with E-state index in [4.69, 9.17) is 5.84 Å². The van der Waals surface area contributed by atoms with Gasteiger partial charge in [0.25, 0.3) is 0 Å². The van der Waals surface area contributed by atoms with Crippen LogP contribution in [0.1, 0.15) is 50.3 Å². The summed E-state index contributed by atoms with van der Waals surface area (Å²) in [5.74, 6) is 5.85. The van der Waals surface area contributed by atoms with E-state index in [0.29, 0.717) is 5.92 Å². The number of rotatable bonds is 3. The van der Waals surface area contributed by atoms with E-state index in [1.165, 1.54) is 50.8 Å². The Balaban J connectivity index is 2.11. The number of hydrazine groups is 1. The Morgan fingerprint density at radius 2 is 1.94 bits per heavy atom. The lowest BCUT2D eigenvalue weighted by molar-refractivity contribution is 0.323. The van der Waals surface area contributed by atoms with Crippen molar-refractivity contribution in [1.29, 1.82) is 0 Å². The number of nitrogens with zero attached hydrogens (tertiary/aromatic N) is 1. The van der Waals surface area contributed by atoms with Gasteiger partial charge in [0.2, 0.25) is 0 Å². The van der Waals surface area contributed by atoms with Crippen LogP contribution >= 0.6 is 0 Å². The van der Waals surface area contributed by atoms with Crippen molar-refractivity contribution in [2.75, 3.05) is 0 Å². The Kier molecular flexibility index (Phi) is 4.45. The van der Waals surface area contributed by atoms with E-state index in [1.807, 2.05) is 0 Å². The van der Waals surface area contributed by atoms with Crippen molar-refractivity contribution in [2.45, 2.75) is 44.6 Å². The molecule has 2 rings (SSSR count). The highest BCUT2D eigenvalue weighted by Gasteiger charge is 2.24. The van der Waals surface area contributed by atoms with Gasteiger partial charge in [0, 0.05) is 0 Å². The number of aromatic nitrogens is 1. The van der Waals surface area contributed by atoms with Gasteiger partial charge in [-0.15, -0.1) is 0 Å². The minimum Gasteiger partial charge on any atom is -0.271 e. The molecule has 1 fully saturated rings. The number of pyridine rings is 1. The molecule has 0 aromatic carbocycles. The Morgan fingerprint density at radius 1 is 1.24 bits per heavy atom. The Labute approximate surface area is 102 Å². The maximum atomic E-state index is 12.8. The van der Waals surface area contributed by atoms with Crippen LogP contribution in [0.4, 0.5) is 4.39 Å². The molecule has 1 saturated carbocycles. The van der Waals surface area contributed by atoms with Crippen molar-refractivity contribution in [3.05, 3.63) is 29.8 Å². The summed E-state index contributed by atoms with van der Waals surface area (Å²) in [6.07, 6.45) is 8.74. The molecule has 0 bridgehead atoms. The minimum atomic E-state index is -0.301. The average molecular weight is 237 g/mol. The highest BCUT2D eigenvalue weighted by Crippen LogP contribution is 2.32. The van der Waals surface area contributed by atoms with Crippen LogP contribution in [-0.2, 0) is 0 Å². The fourth-order valence-corrected chi connectivity index (χ4v) is 2.68. The lowest BCUT2D eigenvalue weighted by Gasteiger charge is -2.24. The molecule has 1 aliphatic rings. The third-order valence-electron chi connectivity index (χ3n) is 3.62. The standard InChI is InChI=1S/C13H20FN3/c14-11-7-8-12(16-9-11)13(17-15)10-5-3-1-2-4-6-10/h7-10,13,17H,1-6,15H2. The molecule has 94 valence electrons. The van der Waals surface area contributed by atoms with E-state index in [2.05, 4.69) is 10.4 Å². The second-order valence-electron chi connectivity index (χ2n) is 4.80. The largest absolute Gasteiger partial charge is 0.271 e. The Hall–Kier alpha value is -1.00. The molecule has 0 amide bonds. The van der Waals surface area contributed by atoms with Crippen LogP contribution in [0.15, 0.2) is 18.3 Å². The predicted molar refractivity (Wildman–Crippen MR) is 65.5 cm³/mol. The summed E-state index contributed by atoms with van der Waals surface area (Å²) >= 11 is 0. The molecule has 0 aliphatic heterocycles. The van der Waals surface area contributed by atoms with Gasteiger partial charge in [0.15, 0.2) is 0 Å². The summed E-state index contributed by atoms with van der Waals surface area (Å²) in [6, 6.07) is 3.22. The summed E-state index contributed by atoms with van der Waals surface area (Å²) in [5, 5.41) is 0. The molecule has 3 N–H and O–H groups in total. The van der Waals surface area contributed by atoms with Crippen LogP contribution in [-0.4, -0.2) is 4.98 Å². The topological polar surface area (TPSA) is 50.9 Å². The fraction of sp³-hybridized carbons (Fsp3) is 0.615. The molecule has 1 aromatic heterocycles. The first-order valence-corrected chi connectivity index (χ1v) is 6.39.